The Balaban J connectivity index is 1.09. The maximum absolute atomic E-state index is 15.2. The molecule has 2 amide bonds. The van der Waals surface area contributed by atoms with Gasteiger partial charge in [-0.05, 0) is 42.8 Å². The number of nitrogens with zero attached hydrogens (tertiary/aromatic N) is 4. The summed E-state index contributed by atoms with van der Waals surface area (Å²) in [5, 5.41) is 3.28. The van der Waals surface area contributed by atoms with Gasteiger partial charge in [0.1, 0.15) is 18.2 Å². The average Bonchev–Trinajstić information content (AvgIpc) is 3.55. The Morgan fingerprint density at radius 1 is 0.956 bits per heavy atom. The second-order valence-corrected chi connectivity index (χ2v) is 10.5. The number of benzene rings is 3. The highest BCUT2D eigenvalue weighted by Gasteiger charge is 2.22. The molecule has 0 bridgehead atoms. The van der Waals surface area contributed by atoms with Crippen molar-refractivity contribution >= 4 is 28.3 Å². The van der Waals surface area contributed by atoms with Crippen LogP contribution < -0.4 is 24.4 Å². The minimum Gasteiger partial charge on any atom is -0.493 e. The molecule has 4 aromatic rings. The van der Waals surface area contributed by atoms with E-state index >= 15 is 4.39 Å². The first-order valence-corrected chi connectivity index (χ1v) is 14.6. The van der Waals surface area contributed by atoms with Crippen LogP contribution in [0.4, 0.5) is 25.0 Å². The molecule has 3 heterocycles. The van der Waals surface area contributed by atoms with E-state index in [1.807, 2.05) is 0 Å². The van der Waals surface area contributed by atoms with Gasteiger partial charge in [0.25, 0.3) is 0 Å². The lowest BCUT2D eigenvalue weighted by molar-refractivity contribution is 0.0357. The fourth-order valence-corrected chi connectivity index (χ4v) is 5.15. The number of carbonyl (C=O) groups excluding carboxylic acids is 1. The van der Waals surface area contributed by atoms with Crippen LogP contribution in [0.1, 0.15) is 6.42 Å². The highest BCUT2D eigenvalue weighted by Crippen LogP contribution is 2.38. The second-order valence-electron chi connectivity index (χ2n) is 10.5. The third kappa shape index (κ3) is 7.08. The van der Waals surface area contributed by atoms with E-state index in [9.17, 15) is 9.18 Å². The Kier molecular flexibility index (Phi) is 9.22. The van der Waals surface area contributed by atoms with Crippen molar-refractivity contribution in [1.29, 1.82) is 0 Å². The molecule has 1 aromatic heterocycles. The van der Waals surface area contributed by atoms with Crippen LogP contribution in [0.15, 0.2) is 79.3 Å². The van der Waals surface area contributed by atoms with Gasteiger partial charge in [-0.25, -0.2) is 13.6 Å². The van der Waals surface area contributed by atoms with E-state index in [0.29, 0.717) is 40.4 Å². The molecule has 0 aliphatic carbocycles. The molecule has 0 atom stereocenters. The molecule has 45 heavy (non-hydrogen) atoms. The van der Waals surface area contributed by atoms with Gasteiger partial charge in [0, 0.05) is 61.4 Å². The van der Waals surface area contributed by atoms with Crippen molar-refractivity contribution in [2.45, 2.75) is 6.42 Å². The Labute approximate surface area is 259 Å². The molecule has 1 N–H and O–H groups in total. The van der Waals surface area contributed by atoms with Crippen LogP contribution in [-0.4, -0.2) is 74.0 Å². The van der Waals surface area contributed by atoms with E-state index in [2.05, 4.69) is 15.2 Å². The summed E-state index contributed by atoms with van der Waals surface area (Å²) in [5.74, 6) is 0.349. The number of amides is 2. The Morgan fingerprint density at radius 3 is 2.60 bits per heavy atom. The summed E-state index contributed by atoms with van der Waals surface area (Å²) >= 11 is 0. The fourth-order valence-electron chi connectivity index (χ4n) is 5.15. The molecule has 12 heteroatoms. The highest BCUT2D eigenvalue weighted by atomic mass is 19.1. The molecule has 0 spiro atoms. The number of para-hydroxylation sites is 1. The summed E-state index contributed by atoms with van der Waals surface area (Å²) in [7, 11) is 1.56. The van der Waals surface area contributed by atoms with Crippen molar-refractivity contribution in [3.8, 4) is 23.0 Å². The number of methoxy groups -OCH3 is 1. The number of anilines is 2. The number of nitrogens with one attached hydrogen (secondary N) is 1. The molecule has 0 unspecified atom stereocenters. The van der Waals surface area contributed by atoms with Crippen molar-refractivity contribution < 1.29 is 32.5 Å². The monoisotopic (exact) mass is 617 g/mol. The number of pyridine rings is 1. The van der Waals surface area contributed by atoms with E-state index < -0.39 is 17.7 Å². The average molecular weight is 618 g/mol. The minimum absolute atomic E-state index is 0.0327. The summed E-state index contributed by atoms with van der Waals surface area (Å²) in [6.07, 6.45) is 5.56. The summed E-state index contributed by atoms with van der Waals surface area (Å²) in [6.45, 7) is 4.92. The van der Waals surface area contributed by atoms with Gasteiger partial charge in [-0.3, -0.25) is 14.8 Å². The van der Waals surface area contributed by atoms with Crippen LogP contribution in [0.2, 0.25) is 0 Å². The zero-order chi connectivity index (χ0) is 31.2. The molecule has 0 radical (unpaired) electrons. The van der Waals surface area contributed by atoms with Gasteiger partial charge in [-0.2, -0.15) is 0 Å². The van der Waals surface area contributed by atoms with E-state index in [-0.39, 0.29) is 18.1 Å². The van der Waals surface area contributed by atoms with Crippen LogP contribution in [0.25, 0.3) is 10.9 Å². The smallest absolute Gasteiger partial charge is 0.327 e. The third-order valence-electron chi connectivity index (χ3n) is 7.52. The predicted octanol–water partition coefficient (Wildman–Crippen LogP) is 6.20. The largest absolute Gasteiger partial charge is 0.493 e. The molecule has 1 saturated heterocycles. The van der Waals surface area contributed by atoms with Crippen molar-refractivity contribution in [3.05, 3.63) is 90.9 Å². The first-order chi connectivity index (χ1) is 22.0. The van der Waals surface area contributed by atoms with Gasteiger partial charge >= 0.3 is 6.03 Å². The van der Waals surface area contributed by atoms with E-state index in [1.54, 1.807) is 60.8 Å². The molecule has 10 nitrogen and oxygen atoms in total. The number of hydrogen-bond acceptors (Lipinski definition) is 8. The number of carbonyl (C=O) groups is 1. The number of morpholine rings is 1. The van der Waals surface area contributed by atoms with E-state index in [0.717, 1.165) is 39.3 Å². The predicted molar refractivity (Wildman–Crippen MR) is 166 cm³/mol. The molecule has 2 aliphatic rings. The highest BCUT2D eigenvalue weighted by molar-refractivity contribution is 5.91. The van der Waals surface area contributed by atoms with Crippen molar-refractivity contribution in [1.82, 2.24) is 14.8 Å². The van der Waals surface area contributed by atoms with E-state index in [4.69, 9.17) is 18.9 Å². The molecule has 1 fully saturated rings. The summed E-state index contributed by atoms with van der Waals surface area (Å²) in [5.41, 5.74) is 1.18. The Hall–Kier alpha value is -4.94. The molecular weight excluding hydrogens is 584 g/mol. The van der Waals surface area contributed by atoms with E-state index in [1.165, 1.54) is 35.4 Å². The quantitative estimate of drug-likeness (QED) is 0.211. The lowest BCUT2D eigenvalue weighted by atomic mass is 10.1. The van der Waals surface area contributed by atoms with Gasteiger partial charge in [0.15, 0.2) is 23.1 Å². The van der Waals surface area contributed by atoms with Crippen LogP contribution >= 0.6 is 0 Å². The van der Waals surface area contributed by atoms with Crippen molar-refractivity contribution in [2.24, 2.45) is 0 Å². The van der Waals surface area contributed by atoms with Crippen LogP contribution in [0.3, 0.4) is 0 Å². The second kappa shape index (κ2) is 13.8. The number of fused-ring (bicyclic) bond motifs is 1. The summed E-state index contributed by atoms with van der Waals surface area (Å²) in [6, 6.07) is 15.1. The maximum atomic E-state index is 15.2. The number of ether oxygens (including phenoxy) is 4. The molecule has 2 aliphatic heterocycles. The number of halogens is 2. The standard InChI is InChI=1S/C33H33F2N5O5/c1-42-31-20-24-27(21-32(31)44-16-4-11-38-14-17-43-18-15-38)36-10-9-29(24)45-30-8-7-23(19-26(30)35)37-33(41)40-13-12-39(22-40)28-6-3-2-5-25(28)34/h2-3,5-10,12-13,19-21H,4,11,14-18,22H2,1H3,(H,37,41). The van der Waals surface area contributed by atoms with Gasteiger partial charge in [0.05, 0.1) is 38.1 Å². The molecular formula is C33H33F2N5O5. The minimum atomic E-state index is -0.671. The van der Waals surface area contributed by atoms with Crippen LogP contribution in [-0.2, 0) is 4.74 Å². The number of hydrogen-bond donors (Lipinski definition) is 1. The fraction of sp³-hybridized carbons (Fsp3) is 0.273. The van der Waals surface area contributed by atoms with Crippen LogP contribution in [0, 0.1) is 11.6 Å². The molecule has 234 valence electrons. The summed E-state index contributed by atoms with van der Waals surface area (Å²) in [4.78, 5) is 22.6. The third-order valence-corrected chi connectivity index (χ3v) is 7.52. The van der Waals surface area contributed by atoms with Crippen molar-refractivity contribution in [3.63, 3.8) is 0 Å². The first-order valence-electron chi connectivity index (χ1n) is 14.6. The number of aromatic nitrogens is 1. The molecule has 0 saturated carbocycles. The number of rotatable bonds is 10. The lowest BCUT2D eigenvalue weighted by Crippen LogP contribution is -2.37. The SMILES string of the molecule is COc1cc2c(Oc3ccc(NC(=O)N4C=CN(c5ccccc5F)C4)cc3F)ccnc2cc1OCCCN1CCOCC1. The first kappa shape index (κ1) is 30.1. The summed E-state index contributed by atoms with van der Waals surface area (Å²) < 4.78 is 52.3. The van der Waals surface area contributed by atoms with Gasteiger partial charge in [-0.1, -0.05) is 12.1 Å². The Bertz CT molecular complexity index is 1700. The lowest BCUT2D eigenvalue weighted by Gasteiger charge is -2.26. The van der Waals surface area contributed by atoms with Gasteiger partial charge in [0.2, 0.25) is 0 Å². The normalized spacial score (nSPS) is 15.0. The Morgan fingerprint density at radius 2 is 1.80 bits per heavy atom. The molecule has 6 rings (SSSR count). The molecule has 3 aromatic carbocycles. The number of urea groups is 1. The van der Waals surface area contributed by atoms with Gasteiger partial charge < -0.3 is 29.2 Å². The van der Waals surface area contributed by atoms with Crippen LogP contribution in [0.5, 0.6) is 23.0 Å². The van der Waals surface area contributed by atoms with Crippen molar-refractivity contribution in [2.75, 3.05) is 63.5 Å². The maximum Gasteiger partial charge on any atom is 0.327 e. The zero-order valence-electron chi connectivity index (χ0n) is 24.7. The zero-order valence-corrected chi connectivity index (χ0v) is 24.7. The van der Waals surface area contributed by atoms with Gasteiger partial charge in [-0.15, -0.1) is 0 Å². The topological polar surface area (TPSA) is 88.6 Å².